The van der Waals surface area contributed by atoms with Gasteiger partial charge in [0, 0.05) is 13.1 Å². The van der Waals surface area contributed by atoms with Crippen molar-refractivity contribution in [2.45, 2.75) is 32.2 Å². The summed E-state index contributed by atoms with van der Waals surface area (Å²) in [4.78, 5) is 6.47. The van der Waals surface area contributed by atoms with E-state index in [0.717, 1.165) is 32.2 Å². The van der Waals surface area contributed by atoms with E-state index >= 15 is 0 Å². The summed E-state index contributed by atoms with van der Waals surface area (Å²) in [7, 11) is -3.24. The van der Waals surface area contributed by atoms with Crippen LogP contribution in [0.5, 0.6) is 0 Å². The molecule has 0 bridgehead atoms. The third-order valence-corrected chi connectivity index (χ3v) is 3.71. The van der Waals surface area contributed by atoms with Crippen molar-refractivity contribution in [2.75, 3.05) is 24.2 Å². The lowest BCUT2D eigenvalue weighted by Crippen LogP contribution is -2.30. The van der Waals surface area contributed by atoms with Crippen LogP contribution in [-0.2, 0) is 10.0 Å². The van der Waals surface area contributed by atoms with Crippen LogP contribution >= 0.6 is 0 Å². The number of hydrogen-bond acceptors (Lipinski definition) is 5. The monoisotopic (exact) mass is 273 g/mol. The van der Waals surface area contributed by atoms with Gasteiger partial charge in [-0.3, -0.25) is 5.10 Å². The number of anilines is 1. The van der Waals surface area contributed by atoms with Gasteiger partial charge in [-0.05, 0) is 26.2 Å². The number of hydrogen-bond donors (Lipinski definition) is 2. The normalized spacial score (nSPS) is 18.9. The maximum atomic E-state index is 11.1. The van der Waals surface area contributed by atoms with Gasteiger partial charge in [0.05, 0.1) is 12.3 Å². The average molecular weight is 273 g/mol. The number of piperidine rings is 1. The van der Waals surface area contributed by atoms with Crippen LogP contribution in [-0.4, -0.2) is 42.9 Å². The number of aromatic amines is 1. The van der Waals surface area contributed by atoms with E-state index in [9.17, 15) is 8.42 Å². The van der Waals surface area contributed by atoms with Crippen LogP contribution in [0, 0.1) is 0 Å². The lowest BCUT2D eigenvalue weighted by atomic mass is 10.1. The van der Waals surface area contributed by atoms with Gasteiger partial charge in [0.25, 0.3) is 0 Å². The van der Waals surface area contributed by atoms with Crippen molar-refractivity contribution >= 4 is 16.0 Å². The Labute approximate surface area is 107 Å². The molecule has 1 aliphatic rings. The summed E-state index contributed by atoms with van der Waals surface area (Å²) in [6, 6.07) is -0.397. The Morgan fingerprint density at radius 2 is 2.00 bits per heavy atom. The minimum Gasteiger partial charge on any atom is -0.340 e. The highest BCUT2D eigenvalue weighted by molar-refractivity contribution is 7.88. The Balaban J connectivity index is 2.05. The number of sulfonamides is 1. The number of H-pyrrole nitrogens is 1. The highest BCUT2D eigenvalue weighted by Gasteiger charge is 2.19. The van der Waals surface area contributed by atoms with Crippen LogP contribution < -0.4 is 9.62 Å². The van der Waals surface area contributed by atoms with E-state index in [1.807, 2.05) is 0 Å². The number of nitrogens with one attached hydrogen (secondary N) is 2. The smallest absolute Gasteiger partial charge is 0.244 e. The largest absolute Gasteiger partial charge is 0.340 e. The first-order valence-electron chi connectivity index (χ1n) is 6.10. The standard InChI is InChI=1S/C10H19N5O2S/c1-8(14-18(2,16)17)9-11-10(13-12-9)15-6-4-3-5-7-15/h8,14H,3-7H2,1-2H3,(H,11,12,13). The van der Waals surface area contributed by atoms with Gasteiger partial charge in [0.1, 0.15) is 5.82 Å². The molecule has 0 amide bonds. The zero-order valence-electron chi connectivity index (χ0n) is 10.7. The van der Waals surface area contributed by atoms with Crippen LogP contribution in [0.1, 0.15) is 38.1 Å². The summed E-state index contributed by atoms with van der Waals surface area (Å²) in [5.41, 5.74) is 0. The van der Waals surface area contributed by atoms with Gasteiger partial charge in [-0.2, -0.15) is 4.98 Å². The van der Waals surface area contributed by atoms with E-state index < -0.39 is 16.1 Å². The van der Waals surface area contributed by atoms with Crippen LogP contribution in [0.2, 0.25) is 0 Å². The molecule has 1 unspecified atom stereocenters. The predicted molar refractivity (Wildman–Crippen MR) is 68.8 cm³/mol. The lowest BCUT2D eigenvalue weighted by Gasteiger charge is -2.24. The molecule has 0 saturated carbocycles. The zero-order chi connectivity index (χ0) is 13.2. The van der Waals surface area contributed by atoms with Crippen molar-refractivity contribution in [1.29, 1.82) is 0 Å². The number of nitrogens with zero attached hydrogens (tertiary/aromatic N) is 3. The second-order valence-electron chi connectivity index (χ2n) is 4.68. The zero-order valence-corrected chi connectivity index (χ0v) is 11.5. The maximum absolute atomic E-state index is 11.1. The lowest BCUT2D eigenvalue weighted by molar-refractivity contribution is 0.564. The number of rotatable bonds is 4. The molecule has 2 rings (SSSR count). The van der Waals surface area contributed by atoms with Gasteiger partial charge < -0.3 is 4.90 Å². The summed E-state index contributed by atoms with van der Waals surface area (Å²) >= 11 is 0. The summed E-state index contributed by atoms with van der Waals surface area (Å²) < 4.78 is 24.8. The van der Waals surface area contributed by atoms with E-state index in [0.29, 0.717) is 11.8 Å². The molecule has 0 aliphatic carbocycles. The highest BCUT2D eigenvalue weighted by Crippen LogP contribution is 2.17. The summed E-state index contributed by atoms with van der Waals surface area (Å²) in [5.74, 6) is 1.20. The van der Waals surface area contributed by atoms with Gasteiger partial charge in [-0.15, -0.1) is 5.10 Å². The molecular formula is C10H19N5O2S. The third-order valence-electron chi connectivity index (χ3n) is 2.93. The second kappa shape index (κ2) is 5.23. The van der Waals surface area contributed by atoms with Crippen LogP contribution in [0.4, 0.5) is 5.95 Å². The fourth-order valence-corrected chi connectivity index (χ4v) is 2.82. The summed E-state index contributed by atoms with van der Waals surface area (Å²) in [6.45, 7) is 3.66. The fraction of sp³-hybridized carbons (Fsp3) is 0.800. The first-order valence-corrected chi connectivity index (χ1v) is 7.99. The van der Waals surface area contributed by atoms with E-state index in [2.05, 4.69) is 24.8 Å². The minimum absolute atomic E-state index is 0.397. The van der Waals surface area contributed by atoms with Crippen LogP contribution in [0.15, 0.2) is 0 Å². The Bertz CT molecular complexity index is 492. The second-order valence-corrected chi connectivity index (χ2v) is 6.46. The van der Waals surface area contributed by atoms with Gasteiger partial charge in [0.15, 0.2) is 0 Å². The SMILES string of the molecule is CC(NS(C)(=O)=O)c1nc(N2CCCCC2)n[nH]1. The molecule has 2 heterocycles. The third kappa shape index (κ3) is 3.42. The fourth-order valence-electron chi connectivity index (χ4n) is 2.07. The molecule has 0 aromatic carbocycles. The molecule has 102 valence electrons. The molecule has 1 aromatic rings. The van der Waals surface area contributed by atoms with E-state index in [1.54, 1.807) is 6.92 Å². The molecule has 0 spiro atoms. The Morgan fingerprint density at radius 3 is 2.61 bits per heavy atom. The molecule has 1 fully saturated rings. The Hall–Kier alpha value is -1.15. The van der Waals surface area contributed by atoms with Crippen molar-refractivity contribution in [3.8, 4) is 0 Å². The van der Waals surface area contributed by atoms with Crippen LogP contribution in [0.3, 0.4) is 0 Å². The van der Waals surface area contributed by atoms with Gasteiger partial charge in [-0.25, -0.2) is 13.1 Å². The summed E-state index contributed by atoms with van der Waals surface area (Å²) in [6.07, 6.45) is 4.69. The molecule has 8 heteroatoms. The molecule has 2 N–H and O–H groups in total. The van der Waals surface area contributed by atoms with Gasteiger partial charge in [-0.1, -0.05) is 0 Å². The average Bonchev–Trinajstić information content (AvgIpc) is 2.77. The topological polar surface area (TPSA) is 91.0 Å². The Morgan fingerprint density at radius 1 is 1.33 bits per heavy atom. The van der Waals surface area contributed by atoms with E-state index in [1.165, 1.54) is 6.42 Å². The molecule has 1 aliphatic heterocycles. The van der Waals surface area contributed by atoms with Crippen molar-refractivity contribution in [3.63, 3.8) is 0 Å². The summed E-state index contributed by atoms with van der Waals surface area (Å²) in [5, 5.41) is 6.94. The first kappa shape index (κ1) is 13.3. The van der Waals surface area contributed by atoms with E-state index in [-0.39, 0.29) is 0 Å². The van der Waals surface area contributed by atoms with E-state index in [4.69, 9.17) is 0 Å². The molecule has 7 nitrogen and oxygen atoms in total. The van der Waals surface area contributed by atoms with Crippen molar-refractivity contribution in [1.82, 2.24) is 19.9 Å². The molecular weight excluding hydrogens is 254 g/mol. The van der Waals surface area contributed by atoms with Crippen molar-refractivity contribution in [2.24, 2.45) is 0 Å². The predicted octanol–water partition coefficient (Wildman–Crippen LogP) is 0.405. The quantitative estimate of drug-likeness (QED) is 0.829. The van der Waals surface area contributed by atoms with Crippen molar-refractivity contribution < 1.29 is 8.42 Å². The van der Waals surface area contributed by atoms with Gasteiger partial charge in [0.2, 0.25) is 16.0 Å². The first-order chi connectivity index (χ1) is 8.46. The molecule has 0 radical (unpaired) electrons. The van der Waals surface area contributed by atoms with Crippen LogP contribution in [0.25, 0.3) is 0 Å². The van der Waals surface area contributed by atoms with Crippen molar-refractivity contribution in [3.05, 3.63) is 5.82 Å². The molecule has 18 heavy (non-hydrogen) atoms. The number of aromatic nitrogens is 3. The minimum atomic E-state index is -3.24. The maximum Gasteiger partial charge on any atom is 0.244 e. The molecule has 1 aromatic heterocycles. The molecule has 1 atom stereocenters. The molecule has 1 saturated heterocycles. The highest BCUT2D eigenvalue weighted by atomic mass is 32.2. The van der Waals surface area contributed by atoms with Gasteiger partial charge >= 0.3 is 0 Å². The Kier molecular flexibility index (Phi) is 3.86.